The number of nitro groups is 1. The largest absolute Gasteiger partial charge is 0.362 e. The van der Waals surface area contributed by atoms with E-state index in [4.69, 9.17) is 5.14 Å². The zero-order chi connectivity index (χ0) is 16.8. The highest BCUT2D eigenvalue weighted by Crippen LogP contribution is 2.44. The number of benzene rings is 1. The van der Waals surface area contributed by atoms with Crippen molar-refractivity contribution < 1.29 is 13.3 Å². The molecular formula is C15H21N3O4S. The molecule has 7 nitrogen and oxygen atoms in total. The molecule has 126 valence electrons. The average Bonchev–Trinajstić information content (AvgIpc) is 2.83. The summed E-state index contributed by atoms with van der Waals surface area (Å²) in [7, 11) is -3.96. The lowest BCUT2D eigenvalue weighted by Crippen LogP contribution is -2.35. The Bertz CT molecular complexity index is 734. The zero-order valence-electron chi connectivity index (χ0n) is 13.0. The van der Waals surface area contributed by atoms with Crippen LogP contribution in [0.15, 0.2) is 23.1 Å². The maximum Gasteiger partial charge on any atom is 0.293 e. The van der Waals surface area contributed by atoms with Crippen molar-refractivity contribution in [2.75, 3.05) is 11.4 Å². The fourth-order valence-corrected chi connectivity index (χ4v) is 4.65. The number of hydrogen-bond acceptors (Lipinski definition) is 5. The van der Waals surface area contributed by atoms with E-state index in [-0.39, 0.29) is 10.6 Å². The van der Waals surface area contributed by atoms with Gasteiger partial charge in [-0.2, -0.15) is 0 Å². The molecule has 2 fully saturated rings. The van der Waals surface area contributed by atoms with Gasteiger partial charge in [-0.25, -0.2) is 13.6 Å². The number of nitro benzene ring substituents is 1. The maximum absolute atomic E-state index is 11.5. The van der Waals surface area contributed by atoms with E-state index in [0.29, 0.717) is 23.6 Å². The minimum absolute atomic E-state index is 0.185. The zero-order valence-corrected chi connectivity index (χ0v) is 13.8. The third-order valence-corrected chi connectivity index (χ3v) is 6.09. The van der Waals surface area contributed by atoms with Crippen LogP contribution < -0.4 is 10.0 Å². The molecule has 3 atom stereocenters. The number of primary sulfonamides is 1. The topological polar surface area (TPSA) is 107 Å². The van der Waals surface area contributed by atoms with E-state index in [1.165, 1.54) is 18.6 Å². The third-order valence-electron chi connectivity index (χ3n) is 5.18. The predicted octanol–water partition coefficient (Wildman–Crippen LogP) is 2.26. The second kappa shape index (κ2) is 5.76. The average molecular weight is 339 g/mol. The summed E-state index contributed by atoms with van der Waals surface area (Å²) in [5.74, 6) is 1.04. The SMILES string of the molecule is CC1CN(c2ccc(S(N)(=O)=O)cc2[N+](=O)[O-])C2CCCCC12. The molecule has 0 radical (unpaired) electrons. The van der Waals surface area contributed by atoms with Crippen LogP contribution in [0, 0.1) is 22.0 Å². The van der Waals surface area contributed by atoms with Crippen molar-refractivity contribution in [2.24, 2.45) is 17.0 Å². The molecule has 0 aromatic heterocycles. The van der Waals surface area contributed by atoms with Gasteiger partial charge in [0.2, 0.25) is 10.0 Å². The number of sulfonamides is 1. The van der Waals surface area contributed by atoms with Crippen LogP contribution in [0.2, 0.25) is 0 Å². The summed E-state index contributed by atoms with van der Waals surface area (Å²) < 4.78 is 22.9. The highest BCUT2D eigenvalue weighted by molar-refractivity contribution is 7.89. The highest BCUT2D eigenvalue weighted by atomic mass is 32.2. The molecule has 8 heteroatoms. The van der Waals surface area contributed by atoms with E-state index in [1.807, 2.05) is 0 Å². The van der Waals surface area contributed by atoms with Crippen molar-refractivity contribution in [1.29, 1.82) is 0 Å². The molecule has 1 saturated carbocycles. The molecule has 0 amide bonds. The second-order valence-electron chi connectivity index (χ2n) is 6.60. The van der Waals surface area contributed by atoms with Crippen LogP contribution in [0.3, 0.4) is 0 Å². The maximum atomic E-state index is 11.5. The fraction of sp³-hybridized carbons (Fsp3) is 0.600. The van der Waals surface area contributed by atoms with E-state index in [2.05, 4.69) is 11.8 Å². The Morgan fingerprint density at radius 2 is 2.00 bits per heavy atom. The van der Waals surface area contributed by atoms with Crippen LogP contribution in [0.4, 0.5) is 11.4 Å². The first-order chi connectivity index (χ1) is 10.8. The molecule has 3 unspecified atom stereocenters. The number of fused-ring (bicyclic) bond motifs is 1. The van der Waals surface area contributed by atoms with Crippen LogP contribution in [0.25, 0.3) is 0 Å². The standard InChI is InChI=1S/C15H21N3O4S/c1-10-9-17(13-5-3-2-4-12(10)13)14-7-6-11(23(16,21)22)8-15(14)18(19)20/h6-8,10,12-13H,2-5,9H2,1H3,(H2,16,21,22). The Hall–Kier alpha value is -1.67. The van der Waals surface area contributed by atoms with Gasteiger partial charge in [0.1, 0.15) is 5.69 Å². The normalized spacial score (nSPS) is 27.7. The van der Waals surface area contributed by atoms with Gasteiger partial charge in [-0.05, 0) is 36.8 Å². The lowest BCUT2D eigenvalue weighted by molar-refractivity contribution is -0.384. The van der Waals surface area contributed by atoms with Crippen LogP contribution in [0.5, 0.6) is 0 Å². The number of anilines is 1. The number of nitrogens with two attached hydrogens (primary N) is 1. The Morgan fingerprint density at radius 1 is 1.30 bits per heavy atom. The molecule has 1 heterocycles. The summed E-state index contributed by atoms with van der Waals surface area (Å²) in [5, 5.41) is 16.5. The van der Waals surface area contributed by atoms with Crippen molar-refractivity contribution in [1.82, 2.24) is 0 Å². The summed E-state index contributed by atoms with van der Waals surface area (Å²) in [6, 6.07) is 4.27. The van der Waals surface area contributed by atoms with Crippen LogP contribution >= 0.6 is 0 Å². The molecule has 23 heavy (non-hydrogen) atoms. The first-order valence-electron chi connectivity index (χ1n) is 7.87. The molecule has 0 spiro atoms. The molecule has 1 aliphatic carbocycles. The lowest BCUT2D eigenvalue weighted by Gasteiger charge is -2.33. The van der Waals surface area contributed by atoms with Gasteiger partial charge in [0.15, 0.2) is 0 Å². The highest BCUT2D eigenvalue weighted by Gasteiger charge is 2.42. The molecule has 1 saturated heterocycles. The first kappa shape index (κ1) is 16.2. The number of nitrogens with zero attached hydrogens (tertiary/aromatic N) is 2. The number of rotatable bonds is 3. The van der Waals surface area contributed by atoms with Gasteiger partial charge in [-0.15, -0.1) is 0 Å². The Kier molecular flexibility index (Phi) is 4.05. The molecule has 2 N–H and O–H groups in total. The predicted molar refractivity (Wildman–Crippen MR) is 86.7 cm³/mol. The van der Waals surface area contributed by atoms with E-state index >= 15 is 0 Å². The second-order valence-corrected chi connectivity index (χ2v) is 8.16. The first-order valence-corrected chi connectivity index (χ1v) is 9.41. The van der Waals surface area contributed by atoms with Gasteiger partial charge in [-0.1, -0.05) is 19.8 Å². The van der Waals surface area contributed by atoms with Crippen LogP contribution in [-0.2, 0) is 10.0 Å². The quantitative estimate of drug-likeness (QED) is 0.671. The number of hydrogen-bond donors (Lipinski definition) is 1. The van der Waals surface area contributed by atoms with Crippen molar-refractivity contribution in [3.05, 3.63) is 28.3 Å². The Labute approximate surface area is 135 Å². The van der Waals surface area contributed by atoms with Crippen LogP contribution in [-0.4, -0.2) is 25.9 Å². The smallest absolute Gasteiger partial charge is 0.293 e. The molecular weight excluding hydrogens is 318 g/mol. The molecule has 3 rings (SSSR count). The van der Waals surface area contributed by atoms with Gasteiger partial charge in [-0.3, -0.25) is 10.1 Å². The van der Waals surface area contributed by atoms with Gasteiger partial charge in [0.05, 0.1) is 9.82 Å². The van der Waals surface area contributed by atoms with Gasteiger partial charge in [0, 0.05) is 18.7 Å². The molecule has 1 aromatic carbocycles. The van der Waals surface area contributed by atoms with E-state index in [9.17, 15) is 18.5 Å². The molecule has 1 aromatic rings. The molecule has 2 aliphatic rings. The van der Waals surface area contributed by atoms with Gasteiger partial charge >= 0.3 is 0 Å². The van der Waals surface area contributed by atoms with E-state index in [0.717, 1.165) is 31.9 Å². The van der Waals surface area contributed by atoms with Crippen LogP contribution in [0.1, 0.15) is 32.6 Å². The minimum Gasteiger partial charge on any atom is -0.362 e. The van der Waals surface area contributed by atoms with Crippen molar-refractivity contribution in [3.8, 4) is 0 Å². The van der Waals surface area contributed by atoms with Gasteiger partial charge in [0.25, 0.3) is 5.69 Å². The third kappa shape index (κ3) is 2.92. The summed E-state index contributed by atoms with van der Waals surface area (Å²) in [6.45, 7) is 2.96. The van der Waals surface area contributed by atoms with E-state index in [1.54, 1.807) is 0 Å². The molecule has 0 bridgehead atoms. The van der Waals surface area contributed by atoms with Crippen molar-refractivity contribution in [3.63, 3.8) is 0 Å². The monoisotopic (exact) mass is 339 g/mol. The summed E-state index contributed by atoms with van der Waals surface area (Å²) >= 11 is 0. The fourth-order valence-electron chi connectivity index (χ4n) is 4.12. The Morgan fingerprint density at radius 3 is 2.65 bits per heavy atom. The summed E-state index contributed by atoms with van der Waals surface area (Å²) in [6.07, 6.45) is 4.54. The van der Waals surface area contributed by atoms with E-state index < -0.39 is 14.9 Å². The lowest BCUT2D eigenvalue weighted by atomic mass is 9.80. The minimum atomic E-state index is -3.96. The summed E-state index contributed by atoms with van der Waals surface area (Å²) in [4.78, 5) is 12.8. The Balaban J connectivity index is 2.04. The summed E-state index contributed by atoms with van der Waals surface area (Å²) in [5.41, 5.74) is 0.318. The van der Waals surface area contributed by atoms with Crippen molar-refractivity contribution >= 4 is 21.4 Å². The molecule has 1 aliphatic heterocycles. The van der Waals surface area contributed by atoms with Crippen molar-refractivity contribution in [2.45, 2.75) is 43.5 Å². The van der Waals surface area contributed by atoms with Gasteiger partial charge < -0.3 is 4.90 Å².